The first-order valence-corrected chi connectivity index (χ1v) is 8.60. The number of nitrogens with zero attached hydrogens (tertiary/aromatic N) is 5. The number of fused-ring (bicyclic) bond motifs is 2. The molecular formula is C12H12FN6O5P. The van der Waals surface area contributed by atoms with E-state index in [4.69, 9.17) is 15.0 Å². The Morgan fingerprint density at radius 3 is 3.08 bits per heavy atom. The molecule has 25 heavy (non-hydrogen) atoms. The van der Waals surface area contributed by atoms with E-state index in [1.54, 1.807) is 6.07 Å². The van der Waals surface area contributed by atoms with Gasteiger partial charge in [-0.15, -0.1) is 0 Å². The van der Waals surface area contributed by atoms with Crippen molar-refractivity contribution in [3.63, 3.8) is 0 Å². The maximum atomic E-state index is 15.7. The predicted molar refractivity (Wildman–Crippen MR) is 77.5 cm³/mol. The number of hydrogen-bond acceptors (Lipinski definition) is 9. The van der Waals surface area contributed by atoms with Gasteiger partial charge in [-0.3, -0.25) is 9.05 Å². The standard InChI is InChI=1S/C12H12FN6O5P/c1-11(13)8-6(3-22-25(20,21)24-8)23-12(11,4-14)7-2-16-10-9(15)17-5-18-19(7)10/h2,5-6,8H,3H2,1H3,(H,20,21)(H2,15,17,18)/t6-,8-,11-,12+/m1/s1. The van der Waals surface area contributed by atoms with E-state index in [1.807, 2.05) is 0 Å². The van der Waals surface area contributed by atoms with E-state index < -0.39 is 37.9 Å². The first kappa shape index (κ1) is 16.3. The Morgan fingerprint density at radius 1 is 1.60 bits per heavy atom. The molecule has 5 atom stereocenters. The van der Waals surface area contributed by atoms with Crippen LogP contribution >= 0.6 is 7.82 Å². The van der Waals surface area contributed by atoms with Gasteiger partial charge in [0.25, 0.3) is 0 Å². The molecule has 2 aromatic rings. The molecule has 2 fully saturated rings. The van der Waals surface area contributed by atoms with Crippen LogP contribution in [0.1, 0.15) is 12.6 Å². The summed E-state index contributed by atoms with van der Waals surface area (Å²) >= 11 is 0. The summed E-state index contributed by atoms with van der Waals surface area (Å²) in [6, 6.07) is 1.80. The van der Waals surface area contributed by atoms with Crippen molar-refractivity contribution >= 4 is 19.3 Å². The third-order valence-corrected chi connectivity index (χ3v) is 5.36. The summed E-state index contributed by atoms with van der Waals surface area (Å²) < 4.78 is 43.7. The second-order valence-electron chi connectivity index (χ2n) is 5.84. The lowest BCUT2D eigenvalue weighted by Crippen LogP contribution is -2.50. The second kappa shape index (κ2) is 4.94. The van der Waals surface area contributed by atoms with Crippen LogP contribution in [-0.2, 0) is 24.0 Å². The number of nitrogens with two attached hydrogens (primary N) is 1. The monoisotopic (exact) mass is 370 g/mol. The number of phosphoric ester groups is 1. The molecule has 3 N–H and O–H groups in total. The van der Waals surface area contributed by atoms with Crippen LogP contribution in [0.4, 0.5) is 10.2 Å². The predicted octanol–water partition coefficient (Wildman–Crippen LogP) is 0.0682. The molecule has 0 saturated carbocycles. The van der Waals surface area contributed by atoms with Crippen molar-refractivity contribution in [2.75, 3.05) is 12.3 Å². The lowest BCUT2D eigenvalue weighted by atomic mass is 9.82. The zero-order chi connectivity index (χ0) is 18.0. The van der Waals surface area contributed by atoms with Crippen molar-refractivity contribution in [2.45, 2.75) is 30.4 Å². The Kier molecular flexibility index (Phi) is 3.22. The molecule has 2 aliphatic heterocycles. The SMILES string of the molecule is C[C@@]1(F)[C@@H]2OP(=O)(O)OC[C@H]2O[C@@]1(C#N)c1cnc2c(N)ncnn12. The molecule has 4 heterocycles. The highest BCUT2D eigenvalue weighted by Gasteiger charge is 2.70. The molecule has 0 bridgehead atoms. The Balaban J connectivity index is 1.91. The molecule has 132 valence electrons. The topological polar surface area (TPSA) is 158 Å². The molecule has 13 heteroatoms. The van der Waals surface area contributed by atoms with Gasteiger partial charge < -0.3 is 15.4 Å². The molecule has 1 unspecified atom stereocenters. The fraction of sp³-hybridized carbons (Fsp3) is 0.500. The van der Waals surface area contributed by atoms with E-state index >= 15 is 4.39 Å². The number of phosphoric acid groups is 1. The smallest absolute Gasteiger partial charge is 0.381 e. The second-order valence-corrected chi connectivity index (χ2v) is 7.25. The van der Waals surface area contributed by atoms with Crippen LogP contribution in [0, 0.1) is 11.3 Å². The maximum absolute atomic E-state index is 15.7. The van der Waals surface area contributed by atoms with Gasteiger partial charge in [0.2, 0.25) is 5.60 Å². The molecule has 2 saturated heterocycles. The van der Waals surface area contributed by atoms with Crippen LogP contribution in [0.5, 0.6) is 0 Å². The molecule has 0 aliphatic carbocycles. The first-order valence-electron chi connectivity index (χ1n) is 7.10. The minimum atomic E-state index is -4.43. The summed E-state index contributed by atoms with van der Waals surface area (Å²) in [7, 11) is -4.43. The third-order valence-electron chi connectivity index (χ3n) is 4.39. The average Bonchev–Trinajstić information content (AvgIpc) is 3.07. The number of nitriles is 1. The summed E-state index contributed by atoms with van der Waals surface area (Å²) in [4.78, 5) is 17.3. The van der Waals surface area contributed by atoms with Gasteiger partial charge in [0.05, 0.1) is 12.8 Å². The van der Waals surface area contributed by atoms with Crippen LogP contribution in [0.25, 0.3) is 5.65 Å². The van der Waals surface area contributed by atoms with Gasteiger partial charge in [0.15, 0.2) is 17.1 Å². The maximum Gasteiger partial charge on any atom is 0.472 e. The molecule has 4 rings (SSSR count). The first-order chi connectivity index (χ1) is 11.7. The highest BCUT2D eigenvalue weighted by atomic mass is 31.2. The van der Waals surface area contributed by atoms with E-state index in [9.17, 15) is 14.7 Å². The number of rotatable bonds is 1. The van der Waals surface area contributed by atoms with Crippen LogP contribution in [0.3, 0.4) is 0 Å². The summed E-state index contributed by atoms with van der Waals surface area (Å²) in [6.07, 6.45) is -0.259. The lowest BCUT2D eigenvalue weighted by Gasteiger charge is -2.33. The van der Waals surface area contributed by atoms with Gasteiger partial charge in [-0.1, -0.05) is 0 Å². The van der Waals surface area contributed by atoms with Crippen molar-refractivity contribution in [3.8, 4) is 6.07 Å². The third kappa shape index (κ3) is 2.04. The number of aromatic nitrogens is 4. The summed E-state index contributed by atoms with van der Waals surface area (Å²) in [6.45, 7) is 0.644. The van der Waals surface area contributed by atoms with Crippen molar-refractivity contribution in [1.29, 1.82) is 5.26 Å². The summed E-state index contributed by atoms with van der Waals surface area (Å²) in [5.74, 6) is 0.0322. The Morgan fingerprint density at radius 2 is 2.36 bits per heavy atom. The quantitative estimate of drug-likeness (QED) is 0.658. The van der Waals surface area contributed by atoms with Crippen LogP contribution in [0.2, 0.25) is 0 Å². The van der Waals surface area contributed by atoms with E-state index in [1.165, 1.54) is 6.20 Å². The van der Waals surface area contributed by atoms with Crippen LogP contribution < -0.4 is 5.73 Å². The molecule has 2 aromatic heterocycles. The fourth-order valence-electron chi connectivity index (χ4n) is 3.16. The number of ether oxygens (including phenoxy) is 1. The average molecular weight is 370 g/mol. The molecule has 11 nitrogen and oxygen atoms in total. The zero-order valence-electron chi connectivity index (χ0n) is 12.7. The highest BCUT2D eigenvalue weighted by molar-refractivity contribution is 7.47. The number of nitrogen functional groups attached to an aromatic ring is 1. The van der Waals surface area contributed by atoms with Crippen molar-refractivity contribution in [1.82, 2.24) is 19.6 Å². The normalized spacial score (nSPS) is 40.7. The van der Waals surface area contributed by atoms with Gasteiger partial charge in [-0.2, -0.15) is 10.4 Å². The number of alkyl halides is 1. The van der Waals surface area contributed by atoms with Crippen LogP contribution in [0.15, 0.2) is 12.5 Å². The van der Waals surface area contributed by atoms with E-state index in [2.05, 4.69) is 19.6 Å². The fourth-order valence-corrected chi connectivity index (χ4v) is 4.18. The van der Waals surface area contributed by atoms with E-state index in [-0.39, 0.29) is 17.2 Å². The number of halogens is 1. The largest absolute Gasteiger partial charge is 0.472 e. The molecular weight excluding hydrogens is 358 g/mol. The lowest BCUT2D eigenvalue weighted by molar-refractivity contribution is -0.0762. The van der Waals surface area contributed by atoms with Crippen molar-refractivity contribution in [3.05, 3.63) is 18.2 Å². The number of imidazole rings is 1. The molecule has 0 radical (unpaired) electrons. The zero-order valence-corrected chi connectivity index (χ0v) is 13.6. The highest BCUT2D eigenvalue weighted by Crippen LogP contribution is 2.59. The van der Waals surface area contributed by atoms with Gasteiger partial charge in [0.1, 0.15) is 30.3 Å². The van der Waals surface area contributed by atoms with E-state index in [0.29, 0.717) is 0 Å². The molecule has 0 spiro atoms. The Bertz CT molecular complexity index is 959. The number of hydrogen-bond donors (Lipinski definition) is 2. The molecule has 0 amide bonds. The van der Waals surface area contributed by atoms with Gasteiger partial charge >= 0.3 is 7.82 Å². The van der Waals surface area contributed by atoms with Crippen LogP contribution in [-0.4, -0.2) is 49.0 Å². The summed E-state index contributed by atoms with van der Waals surface area (Å²) in [5, 5.41) is 13.7. The molecule has 0 aromatic carbocycles. The molecule has 2 aliphatic rings. The van der Waals surface area contributed by atoms with Gasteiger partial charge in [0, 0.05) is 0 Å². The number of anilines is 1. The minimum absolute atomic E-state index is 0.0322. The van der Waals surface area contributed by atoms with Gasteiger partial charge in [-0.05, 0) is 6.92 Å². The minimum Gasteiger partial charge on any atom is -0.381 e. The van der Waals surface area contributed by atoms with Gasteiger partial charge in [-0.25, -0.2) is 23.4 Å². The Labute approximate surface area is 139 Å². The summed E-state index contributed by atoms with van der Waals surface area (Å²) in [5.41, 5.74) is 1.06. The Hall–Kier alpha value is -2.16. The van der Waals surface area contributed by atoms with Crippen molar-refractivity contribution < 1.29 is 27.6 Å². The van der Waals surface area contributed by atoms with E-state index in [0.717, 1.165) is 17.8 Å². The van der Waals surface area contributed by atoms with Crippen molar-refractivity contribution in [2.24, 2.45) is 0 Å².